The van der Waals surface area contributed by atoms with E-state index in [9.17, 15) is 4.79 Å². The summed E-state index contributed by atoms with van der Waals surface area (Å²) in [4.78, 5) is 17.2. The maximum Gasteiger partial charge on any atom is 0.267 e. The number of aromatic nitrogens is 1. The number of carbonyl (C=O) groups excluding carboxylic acids is 1. The molecule has 0 spiro atoms. The predicted octanol–water partition coefficient (Wildman–Crippen LogP) is 6.30. The zero-order chi connectivity index (χ0) is 15.7. The van der Waals surface area contributed by atoms with Crippen LogP contribution in [0.5, 0.6) is 0 Å². The van der Waals surface area contributed by atoms with Gasteiger partial charge in [-0.25, -0.2) is 4.98 Å². The smallest absolute Gasteiger partial charge is 0.267 e. The zero-order valence-electron chi connectivity index (χ0n) is 10.8. The number of nitrogens with zero attached hydrogens (tertiary/aromatic N) is 1. The summed E-state index contributed by atoms with van der Waals surface area (Å²) in [5.74, 6) is -0.184. The minimum absolute atomic E-state index is 0.184. The van der Waals surface area contributed by atoms with Crippen molar-refractivity contribution in [3.8, 4) is 11.3 Å². The standard InChI is InChI=1S/C14H7Br2ClN2OS2/c15-8-5-11(22-12(8)16)13(20)19-14-18-10(6-21-14)7-3-1-2-4-9(7)17/h1-6H,(H,18,19,20). The zero-order valence-corrected chi connectivity index (χ0v) is 16.3. The molecule has 3 rings (SSSR count). The molecule has 1 aromatic carbocycles. The van der Waals surface area contributed by atoms with Crippen molar-refractivity contribution in [1.82, 2.24) is 4.98 Å². The average molecular weight is 479 g/mol. The van der Waals surface area contributed by atoms with E-state index in [1.165, 1.54) is 22.7 Å². The Bertz CT molecular complexity index is 827. The molecular weight excluding hydrogens is 472 g/mol. The number of carbonyl (C=O) groups is 1. The average Bonchev–Trinajstić information content (AvgIpc) is 3.07. The van der Waals surface area contributed by atoms with Crippen molar-refractivity contribution in [3.63, 3.8) is 0 Å². The molecule has 8 heteroatoms. The second kappa shape index (κ2) is 6.80. The van der Waals surface area contributed by atoms with Crippen molar-refractivity contribution in [2.24, 2.45) is 0 Å². The summed E-state index contributed by atoms with van der Waals surface area (Å²) in [6, 6.07) is 9.26. The predicted molar refractivity (Wildman–Crippen MR) is 100 cm³/mol. The second-order valence-electron chi connectivity index (χ2n) is 4.20. The molecule has 22 heavy (non-hydrogen) atoms. The molecule has 1 N–H and O–H groups in total. The highest BCUT2D eigenvalue weighted by atomic mass is 79.9. The molecule has 1 amide bonds. The van der Waals surface area contributed by atoms with Crippen LogP contribution in [0.15, 0.2) is 44.0 Å². The Kier molecular flexibility index (Phi) is 4.99. The highest BCUT2D eigenvalue weighted by molar-refractivity contribution is 9.13. The van der Waals surface area contributed by atoms with Crippen molar-refractivity contribution >= 4 is 77.2 Å². The third kappa shape index (κ3) is 3.44. The Hall–Kier alpha value is -0.730. The van der Waals surface area contributed by atoms with Crippen LogP contribution in [0.25, 0.3) is 11.3 Å². The number of amides is 1. The number of hydrogen-bond donors (Lipinski definition) is 1. The van der Waals surface area contributed by atoms with Gasteiger partial charge in [-0.1, -0.05) is 29.8 Å². The van der Waals surface area contributed by atoms with E-state index in [1.807, 2.05) is 29.6 Å². The lowest BCUT2D eigenvalue weighted by Crippen LogP contribution is -2.09. The van der Waals surface area contributed by atoms with Crippen LogP contribution in [0.4, 0.5) is 5.13 Å². The highest BCUT2D eigenvalue weighted by Crippen LogP contribution is 2.34. The van der Waals surface area contributed by atoms with E-state index in [2.05, 4.69) is 42.2 Å². The highest BCUT2D eigenvalue weighted by Gasteiger charge is 2.14. The van der Waals surface area contributed by atoms with Crippen LogP contribution < -0.4 is 5.32 Å². The summed E-state index contributed by atoms with van der Waals surface area (Å²) < 4.78 is 1.74. The minimum atomic E-state index is -0.184. The first-order valence-electron chi connectivity index (χ1n) is 6.01. The topological polar surface area (TPSA) is 42.0 Å². The molecule has 0 saturated carbocycles. The van der Waals surface area contributed by atoms with Gasteiger partial charge in [-0.3, -0.25) is 10.1 Å². The Balaban J connectivity index is 1.80. The van der Waals surface area contributed by atoms with E-state index in [1.54, 1.807) is 6.07 Å². The molecule has 0 unspecified atom stereocenters. The van der Waals surface area contributed by atoms with Gasteiger partial charge in [0.2, 0.25) is 0 Å². The molecule has 0 aliphatic heterocycles. The molecule has 2 aromatic heterocycles. The number of thiophene rings is 1. The van der Waals surface area contributed by atoms with Crippen LogP contribution in [0.2, 0.25) is 5.02 Å². The molecular formula is C14H7Br2ClN2OS2. The van der Waals surface area contributed by atoms with Crippen LogP contribution in [-0.2, 0) is 0 Å². The van der Waals surface area contributed by atoms with Gasteiger partial charge in [0.25, 0.3) is 5.91 Å². The molecule has 2 heterocycles. The molecule has 0 atom stereocenters. The van der Waals surface area contributed by atoms with E-state index in [4.69, 9.17) is 11.6 Å². The fourth-order valence-electron chi connectivity index (χ4n) is 1.74. The molecule has 0 aliphatic rings. The van der Waals surface area contributed by atoms with Crippen molar-refractivity contribution < 1.29 is 4.79 Å². The van der Waals surface area contributed by atoms with Gasteiger partial charge < -0.3 is 0 Å². The van der Waals surface area contributed by atoms with E-state index >= 15 is 0 Å². The van der Waals surface area contributed by atoms with Crippen molar-refractivity contribution in [3.05, 3.63) is 53.9 Å². The number of benzene rings is 1. The minimum Gasteiger partial charge on any atom is -0.297 e. The van der Waals surface area contributed by atoms with E-state index in [-0.39, 0.29) is 5.91 Å². The van der Waals surface area contributed by atoms with Gasteiger partial charge in [-0.15, -0.1) is 22.7 Å². The third-order valence-electron chi connectivity index (χ3n) is 2.74. The lowest BCUT2D eigenvalue weighted by Gasteiger charge is -2.00. The molecule has 0 bridgehead atoms. The van der Waals surface area contributed by atoms with Gasteiger partial charge in [0, 0.05) is 20.4 Å². The first-order chi connectivity index (χ1) is 10.5. The normalized spacial score (nSPS) is 10.7. The van der Waals surface area contributed by atoms with E-state index in [0.717, 1.165) is 19.5 Å². The van der Waals surface area contributed by atoms with Gasteiger partial charge in [-0.05, 0) is 44.0 Å². The van der Waals surface area contributed by atoms with Crippen LogP contribution in [0.3, 0.4) is 0 Å². The van der Waals surface area contributed by atoms with Crippen LogP contribution >= 0.6 is 66.1 Å². The summed E-state index contributed by atoms with van der Waals surface area (Å²) in [6.45, 7) is 0. The van der Waals surface area contributed by atoms with E-state index in [0.29, 0.717) is 15.0 Å². The van der Waals surface area contributed by atoms with Crippen LogP contribution in [0.1, 0.15) is 9.67 Å². The summed E-state index contributed by atoms with van der Waals surface area (Å²) in [5.41, 5.74) is 1.60. The van der Waals surface area contributed by atoms with Crippen molar-refractivity contribution in [2.75, 3.05) is 5.32 Å². The summed E-state index contributed by atoms with van der Waals surface area (Å²) >= 11 is 15.6. The van der Waals surface area contributed by atoms with Gasteiger partial charge in [0.15, 0.2) is 5.13 Å². The van der Waals surface area contributed by atoms with Crippen molar-refractivity contribution in [2.45, 2.75) is 0 Å². The first kappa shape index (κ1) is 16.1. The number of halogens is 3. The molecule has 0 radical (unpaired) electrons. The van der Waals surface area contributed by atoms with Crippen LogP contribution in [0, 0.1) is 0 Å². The first-order valence-corrected chi connectivity index (χ1v) is 9.67. The van der Waals surface area contributed by atoms with Gasteiger partial charge in [-0.2, -0.15) is 0 Å². The molecule has 3 nitrogen and oxygen atoms in total. The Morgan fingerprint density at radius 2 is 2.05 bits per heavy atom. The number of nitrogens with one attached hydrogen (secondary N) is 1. The van der Waals surface area contributed by atoms with Gasteiger partial charge >= 0.3 is 0 Å². The number of rotatable bonds is 3. The third-order valence-corrected chi connectivity index (χ3v) is 7.09. The molecule has 112 valence electrons. The van der Waals surface area contributed by atoms with Crippen LogP contribution in [-0.4, -0.2) is 10.9 Å². The Morgan fingerprint density at radius 1 is 1.27 bits per heavy atom. The summed E-state index contributed by atoms with van der Waals surface area (Å²) in [7, 11) is 0. The van der Waals surface area contributed by atoms with Crippen molar-refractivity contribution in [1.29, 1.82) is 0 Å². The lowest BCUT2D eigenvalue weighted by atomic mass is 10.2. The number of anilines is 1. The fourth-order valence-corrected chi connectivity index (χ4v) is 4.61. The Labute approximate surface area is 156 Å². The van der Waals surface area contributed by atoms with Gasteiger partial charge in [0.1, 0.15) is 0 Å². The molecule has 0 saturated heterocycles. The largest absolute Gasteiger partial charge is 0.297 e. The quantitative estimate of drug-likeness (QED) is 0.480. The maximum absolute atomic E-state index is 12.2. The van der Waals surface area contributed by atoms with E-state index < -0.39 is 0 Å². The lowest BCUT2D eigenvalue weighted by molar-refractivity contribution is 0.103. The van der Waals surface area contributed by atoms with Gasteiger partial charge in [0.05, 0.1) is 14.4 Å². The molecule has 0 aliphatic carbocycles. The fraction of sp³-hybridized carbons (Fsp3) is 0. The number of hydrogen-bond acceptors (Lipinski definition) is 4. The Morgan fingerprint density at radius 3 is 2.73 bits per heavy atom. The molecule has 0 fully saturated rings. The summed E-state index contributed by atoms with van der Waals surface area (Å²) in [5, 5.41) is 5.85. The SMILES string of the molecule is O=C(Nc1nc(-c2ccccc2Cl)cs1)c1cc(Br)c(Br)s1. The second-order valence-corrected chi connectivity index (χ2v) is 8.69. The molecule has 3 aromatic rings. The maximum atomic E-state index is 12.2. The number of thiazole rings is 1. The monoisotopic (exact) mass is 476 g/mol. The summed E-state index contributed by atoms with van der Waals surface area (Å²) in [6.07, 6.45) is 0.